The van der Waals surface area contributed by atoms with Gasteiger partial charge in [0, 0.05) is 22.2 Å². The van der Waals surface area contributed by atoms with E-state index in [9.17, 15) is 0 Å². The quantitative estimate of drug-likeness (QED) is 0.653. The summed E-state index contributed by atoms with van der Waals surface area (Å²) in [6.45, 7) is 0. The first-order valence-corrected chi connectivity index (χ1v) is 5.66. The lowest BCUT2D eigenvalue weighted by Crippen LogP contribution is -1.96. The number of fused-ring (bicyclic) bond motifs is 3. The van der Waals surface area contributed by atoms with Crippen LogP contribution in [0.2, 0.25) is 5.02 Å². The summed E-state index contributed by atoms with van der Waals surface area (Å²) in [5, 5.41) is 6.25. The van der Waals surface area contributed by atoms with Crippen molar-refractivity contribution in [2.75, 3.05) is 5.73 Å². The molecule has 5 heteroatoms. The van der Waals surface area contributed by atoms with Crippen LogP contribution in [0.3, 0.4) is 0 Å². The number of hydrogen-bond donors (Lipinski definition) is 1. The molecule has 3 rings (SSSR count). The Kier molecular flexibility index (Phi) is 1.72. The predicted octanol–water partition coefficient (Wildman–Crippen LogP) is 3.02. The molecule has 0 aliphatic heterocycles. The number of benzene rings is 1. The molecule has 0 amide bonds. The highest BCUT2D eigenvalue weighted by Gasteiger charge is 2.12. The Morgan fingerprint density at radius 2 is 2.27 bits per heavy atom. The molecule has 0 radical (unpaired) electrons. The molecule has 0 fully saturated rings. The van der Waals surface area contributed by atoms with Gasteiger partial charge >= 0.3 is 0 Å². The summed E-state index contributed by atoms with van der Waals surface area (Å²) in [5.74, 6) is 0.710. The lowest BCUT2D eigenvalue weighted by molar-refractivity contribution is 0.792. The molecular formula is C10H8ClN3S. The van der Waals surface area contributed by atoms with Gasteiger partial charge in [0.05, 0.1) is 4.70 Å². The van der Waals surface area contributed by atoms with E-state index in [1.54, 1.807) is 16.0 Å². The largest absolute Gasteiger partial charge is 0.383 e. The highest BCUT2D eigenvalue weighted by atomic mass is 35.5. The van der Waals surface area contributed by atoms with E-state index < -0.39 is 0 Å². The van der Waals surface area contributed by atoms with Crippen molar-refractivity contribution in [2.24, 2.45) is 7.05 Å². The lowest BCUT2D eigenvalue weighted by Gasteiger charge is -1.92. The molecule has 0 aliphatic carbocycles. The van der Waals surface area contributed by atoms with Gasteiger partial charge in [-0.3, -0.25) is 4.68 Å². The van der Waals surface area contributed by atoms with Gasteiger partial charge in [0.25, 0.3) is 0 Å². The average molecular weight is 238 g/mol. The molecule has 3 nitrogen and oxygen atoms in total. The van der Waals surface area contributed by atoms with Crippen molar-refractivity contribution < 1.29 is 0 Å². The Labute approximate surface area is 95.1 Å². The maximum Gasteiger partial charge on any atom is 0.139 e. The summed E-state index contributed by atoms with van der Waals surface area (Å²) in [6.07, 6.45) is 0. The first kappa shape index (κ1) is 9.00. The molecule has 76 valence electrons. The number of halogens is 1. The lowest BCUT2D eigenvalue weighted by atomic mass is 10.2. The van der Waals surface area contributed by atoms with E-state index >= 15 is 0 Å². The highest BCUT2D eigenvalue weighted by molar-refractivity contribution is 7.26. The summed E-state index contributed by atoms with van der Waals surface area (Å²) >= 11 is 7.56. The molecule has 0 bridgehead atoms. The van der Waals surface area contributed by atoms with Crippen molar-refractivity contribution in [1.29, 1.82) is 0 Å². The van der Waals surface area contributed by atoms with Gasteiger partial charge in [-0.2, -0.15) is 5.10 Å². The zero-order valence-electron chi connectivity index (χ0n) is 7.99. The van der Waals surface area contributed by atoms with E-state index in [1.165, 1.54) is 0 Å². The molecule has 15 heavy (non-hydrogen) atoms. The molecule has 3 aromatic rings. The molecule has 0 aliphatic rings. The molecule has 2 heterocycles. The molecular weight excluding hydrogens is 230 g/mol. The summed E-state index contributed by atoms with van der Waals surface area (Å²) < 4.78 is 3.87. The van der Waals surface area contributed by atoms with Crippen molar-refractivity contribution in [2.45, 2.75) is 0 Å². The van der Waals surface area contributed by atoms with Crippen LogP contribution in [0.4, 0.5) is 5.82 Å². The number of rotatable bonds is 0. The normalized spacial score (nSPS) is 11.6. The SMILES string of the molecule is Cn1nc2c(sc3cc(Cl)ccc32)c1N. The third-order valence-corrected chi connectivity index (χ3v) is 3.86. The van der Waals surface area contributed by atoms with Gasteiger partial charge in [-0.05, 0) is 18.2 Å². The number of aromatic nitrogens is 2. The first-order valence-electron chi connectivity index (χ1n) is 4.47. The van der Waals surface area contributed by atoms with Crippen molar-refractivity contribution in [3.05, 3.63) is 23.2 Å². The number of nitrogens with zero attached hydrogens (tertiary/aromatic N) is 2. The second kappa shape index (κ2) is 2.87. The third kappa shape index (κ3) is 1.15. The summed E-state index contributed by atoms with van der Waals surface area (Å²) in [4.78, 5) is 0. The zero-order valence-corrected chi connectivity index (χ0v) is 9.56. The fourth-order valence-electron chi connectivity index (χ4n) is 1.68. The van der Waals surface area contributed by atoms with E-state index in [1.807, 2.05) is 25.2 Å². The Morgan fingerprint density at radius 3 is 3.07 bits per heavy atom. The fourth-order valence-corrected chi connectivity index (χ4v) is 3.08. The molecule has 0 spiro atoms. The zero-order chi connectivity index (χ0) is 10.6. The number of anilines is 1. The van der Waals surface area contributed by atoms with E-state index in [2.05, 4.69) is 5.10 Å². The molecule has 1 aromatic carbocycles. The van der Waals surface area contributed by atoms with Gasteiger partial charge in [0.1, 0.15) is 11.3 Å². The third-order valence-electron chi connectivity index (χ3n) is 2.46. The fraction of sp³-hybridized carbons (Fsp3) is 0.100. The van der Waals surface area contributed by atoms with Gasteiger partial charge in [0.15, 0.2) is 0 Å². The van der Waals surface area contributed by atoms with E-state index in [0.29, 0.717) is 5.82 Å². The average Bonchev–Trinajstić information content (AvgIpc) is 2.66. The van der Waals surface area contributed by atoms with Crippen LogP contribution in [-0.2, 0) is 7.05 Å². The van der Waals surface area contributed by atoms with Crippen LogP contribution in [-0.4, -0.2) is 9.78 Å². The van der Waals surface area contributed by atoms with E-state index in [0.717, 1.165) is 25.3 Å². The minimum atomic E-state index is 0.710. The second-order valence-electron chi connectivity index (χ2n) is 3.43. The highest BCUT2D eigenvalue weighted by Crippen LogP contribution is 2.37. The van der Waals surface area contributed by atoms with Crippen LogP contribution in [0.5, 0.6) is 0 Å². The molecule has 0 saturated heterocycles. The predicted molar refractivity (Wildman–Crippen MR) is 65.5 cm³/mol. The summed E-state index contributed by atoms with van der Waals surface area (Å²) in [7, 11) is 1.85. The van der Waals surface area contributed by atoms with Crippen molar-refractivity contribution in [3.63, 3.8) is 0 Å². The number of thiophene rings is 1. The maximum absolute atomic E-state index is 5.93. The van der Waals surface area contributed by atoms with Crippen LogP contribution in [0.25, 0.3) is 20.3 Å². The number of hydrogen-bond acceptors (Lipinski definition) is 3. The molecule has 2 N–H and O–H groups in total. The minimum absolute atomic E-state index is 0.710. The van der Waals surface area contributed by atoms with Gasteiger partial charge in [-0.25, -0.2) is 0 Å². The molecule has 0 atom stereocenters. The van der Waals surface area contributed by atoms with Crippen LogP contribution < -0.4 is 5.73 Å². The second-order valence-corrected chi connectivity index (χ2v) is 4.92. The van der Waals surface area contributed by atoms with Crippen molar-refractivity contribution >= 4 is 49.1 Å². The first-order chi connectivity index (χ1) is 7.16. The van der Waals surface area contributed by atoms with Crippen LogP contribution in [0.1, 0.15) is 0 Å². The Morgan fingerprint density at radius 1 is 1.47 bits per heavy atom. The summed E-state index contributed by atoms with van der Waals surface area (Å²) in [6, 6.07) is 5.81. The molecule has 0 saturated carbocycles. The Hall–Kier alpha value is -1.26. The van der Waals surface area contributed by atoms with E-state index in [-0.39, 0.29) is 0 Å². The minimum Gasteiger partial charge on any atom is -0.383 e. The Balaban J connectivity index is 2.54. The summed E-state index contributed by atoms with van der Waals surface area (Å²) in [5.41, 5.74) is 6.88. The van der Waals surface area contributed by atoms with Gasteiger partial charge in [-0.1, -0.05) is 11.6 Å². The molecule has 2 aromatic heterocycles. The van der Waals surface area contributed by atoms with Crippen LogP contribution >= 0.6 is 22.9 Å². The van der Waals surface area contributed by atoms with Gasteiger partial charge in [0.2, 0.25) is 0 Å². The maximum atomic E-state index is 5.93. The Bertz CT molecular complexity index is 668. The standard InChI is InChI=1S/C10H8ClN3S/c1-14-10(12)9-8(13-14)6-3-2-5(11)4-7(6)15-9/h2-4H,12H2,1H3. The number of nitrogen functional groups attached to an aromatic ring is 1. The number of aryl methyl sites for hydroxylation is 1. The van der Waals surface area contributed by atoms with Gasteiger partial charge in [-0.15, -0.1) is 11.3 Å². The van der Waals surface area contributed by atoms with Crippen molar-refractivity contribution in [1.82, 2.24) is 9.78 Å². The molecule has 0 unspecified atom stereocenters. The topological polar surface area (TPSA) is 43.8 Å². The smallest absolute Gasteiger partial charge is 0.139 e. The number of nitrogens with two attached hydrogens (primary N) is 1. The van der Waals surface area contributed by atoms with E-state index in [4.69, 9.17) is 17.3 Å². The van der Waals surface area contributed by atoms with Crippen LogP contribution in [0.15, 0.2) is 18.2 Å². The van der Waals surface area contributed by atoms with Gasteiger partial charge < -0.3 is 5.73 Å². The monoisotopic (exact) mass is 237 g/mol. The van der Waals surface area contributed by atoms with Crippen molar-refractivity contribution in [3.8, 4) is 0 Å². The van der Waals surface area contributed by atoms with Crippen LogP contribution in [0, 0.1) is 0 Å².